The lowest BCUT2D eigenvalue weighted by Gasteiger charge is -2.14. The van der Waals surface area contributed by atoms with Gasteiger partial charge >= 0.3 is 0 Å². The number of fused-ring (bicyclic) bond motifs is 1. The molecule has 1 fully saturated rings. The summed E-state index contributed by atoms with van der Waals surface area (Å²) in [4.78, 5) is 14.4. The van der Waals surface area contributed by atoms with Gasteiger partial charge in [0.05, 0.1) is 0 Å². The molecule has 0 spiro atoms. The van der Waals surface area contributed by atoms with E-state index in [9.17, 15) is 4.79 Å². The lowest BCUT2D eigenvalue weighted by Crippen LogP contribution is -2.32. The van der Waals surface area contributed by atoms with Crippen LogP contribution in [0.15, 0.2) is 24.3 Å². The maximum absolute atomic E-state index is 12.4. The standard InChI is InChI=1S/C19H25N5O/c1-23(2)16-8-3-13(4-9-16)18-22-21-17-10-5-14(11-12-24(17)18)19(25)20-15-6-7-15/h3-4,8-9,14-15H,5-7,10-12H2,1-2H3,(H,20,25)/t14-/m0/s1. The number of amides is 1. The van der Waals surface area contributed by atoms with Crippen molar-refractivity contribution in [2.75, 3.05) is 19.0 Å². The minimum absolute atomic E-state index is 0.0891. The fourth-order valence-electron chi connectivity index (χ4n) is 3.42. The molecule has 1 aromatic heterocycles. The van der Waals surface area contributed by atoms with Crippen molar-refractivity contribution in [1.29, 1.82) is 0 Å². The largest absolute Gasteiger partial charge is 0.378 e. The maximum Gasteiger partial charge on any atom is 0.223 e. The van der Waals surface area contributed by atoms with Gasteiger partial charge < -0.3 is 14.8 Å². The Labute approximate surface area is 148 Å². The van der Waals surface area contributed by atoms with Crippen molar-refractivity contribution in [3.05, 3.63) is 30.1 Å². The number of aromatic nitrogens is 3. The molecule has 2 aliphatic rings. The van der Waals surface area contributed by atoms with Crippen molar-refractivity contribution in [1.82, 2.24) is 20.1 Å². The molecule has 6 heteroatoms. The minimum Gasteiger partial charge on any atom is -0.378 e. The minimum atomic E-state index is 0.0891. The molecule has 25 heavy (non-hydrogen) atoms. The van der Waals surface area contributed by atoms with Gasteiger partial charge in [-0.2, -0.15) is 0 Å². The number of rotatable bonds is 4. The first-order valence-corrected chi connectivity index (χ1v) is 9.12. The summed E-state index contributed by atoms with van der Waals surface area (Å²) in [6.07, 6.45) is 4.79. The van der Waals surface area contributed by atoms with Gasteiger partial charge in [0.1, 0.15) is 5.82 Å². The molecule has 1 aromatic carbocycles. The van der Waals surface area contributed by atoms with Crippen LogP contribution in [0.4, 0.5) is 5.69 Å². The molecule has 0 bridgehead atoms. The summed E-state index contributed by atoms with van der Waals surface area (Å²) in [5, 5.41) is 11.9. The lowest BCUT2D eigenvalue weighted by molar-refractivity contribution is -0.125. The number of nitrogens with one attached hydrogen (secondary N) is 1. The summed E-state index contributed by atoms with van der Waals surface area (Å²) in [7, 11) is 4.07. The van der Waals surface area contributed by atoms with Crippen LogP contribution in [0.5, 0.6) is 0 Å². The van der Waals surface area contributed by atoms with Crippen molar-refractivity contribution in [2.24, 2.45) is 5.92 Å². The van der Waals surface area contributed by atoms with E-state index < -0.39 is 0 Å². The highest BCUT2D eigenvalue weighted by Crippen LogP contribution is 2.27. The summed E-state index contributed by atoms with van der Waals surface area (Å²) in [6, 6.07) is 8.81. The summed E-state index contributed by atoms with van der Waals surface area (Å²) < 4.78 is 2.19. The third-order valence-corrected chi connectivity index (χ3v) is 5.18. The van der Waals surface area contributed by atoms with Crippen LogP contribution in [0.3, 0.4) is 0 Å². The van der Waals surface area contributed by atoms with E-state index in [4.69, 9.17) is 0 Å². The molecule has 1 aliphatic carbocycles. The van der Waals surface area contributed by atoms with Gasteiger partial charge in [0.25, 0.3) is 0 Å². The van der Waals surface area contributed by atoms with E-state index in [2.05, 4.69) is 49.2 Å². The predicted octanol–water partition coefficient (Wildman–Crippen LogP) is 2.24. The number of hydrogen-bond donors (Lipinski definition) is 1. The van der Waals surface area contributed by atoms with Gasteiger partial charge in [-0.1, -0.05) is 0 Å². The van der Waals surface area contributed by atoms with Crippen molar-refractivity contribution in [3.63, 3.8) is 0 Å². The van der Waals surface area contributed by atoms with Crippen molar-refractivity contribution in [2.45, 2.75) is 44.7 Å². The van der Waals surface area contributed by atoms with Gasteiger partial charge in [-0.3, -0.25) is 4.79 Å². The van der Waals surface area contributed by atoms with Crippen molar-refractivity contribution in [3.8, 4) is 11.4 Å². The summed E-state index contributed by atoms with van der Waals surface area (Å²) in [5.41, 5.74) is 2.24. The number of anilines is 1. The molecule has 0 unspecified atom stereocenters. The maximum atomic E-state index is 12.4. The zero-order valence-corrected chi connectivity index (χ0v) is 14.9. The smallest absolute Gasteiger partial charge is 0.223 e. The Morgan fingerprint density at radius 1 is 1.12 bits per heavy atom. The summed E-state index contributed by atoms with van der Waals surface area (Å²) in [5.74, 6) is 2.21. The number of benzene rings is 1. The Morgan fingerprint density at radius 3 is 2.56 bits per heavy atom. The molecule has 132 valence electrons. The molecule has 1 amide bonds. The molecule has 1 atom stereocenters. The molecule has 2 aromatic rings. The van der Waals surface area contributed by atoms with Crippen LogP contribution in [0.1, 0.15) is 31.5 Å². The van der Waals surface area contributed by atoms with E-state index in [0.717, 1.165) is 61.5 Å². The average Bonchev–Trinajstić information content (AvgIpc) is 3.37. The van der Waals surface area contributed by atoms with Gasteiger partial charge in [0, 0.05) is 50.3 Å². The normalized spacial score (nSPS) is 19.8. The van der Waals surface area contributed by atoms with Crippen LogP contribution in [0, 0.1) is 5.92 Å². The Kier molecular flexibility index (Phi) is 4.19. The van der Waals surface area contributed by atoms with Crippen LogP contribution >= 0.6 is 0 Å². The number of aryl methyl sites for hydroxylation is 1. The summed E-state index contributed by atoms with van der Waals surface area (Å²) in [6.45, 7) is 0.801. The molecule has 1 saturated carbocycles. The highest BCUT2D eigenvalue weighted by molar-refractivity contribution is 5.79. The third kappa shape index (κ3) is 3.38. The topological polar surface area (TPSA) is 63.1 Å². The molecule has 4 rings (SSSR count). The third-order valence-electron chi connectivity index (χ3n) is 5.18. The van der Waals surface area contributed by atoms with Gasteiger partial charge in [-0.05, 0) is 49.9 Å². The Hall–Kier alpha value is -2.37. The first-order valence-electron chi connectivity index (χ1n) is 9.12. The van der Waals surface area contributed by atoms with E-state index in [1.807, 2.05) is 14.1 Å². The first-order chi connectivity index (χ1) is 12.1. The SMILES string of the molecule is CN(C)c1ccc(-c2nnc3n2CC[C@@H](C(=O)NC2CC2)CC3)cc1. The monoisotopic (exact) mass is 339 g/mol. The molecular formula is C19H25N5O. The van der Waals surface area contributed by atoms with Gasteiger partial charge in [-0.15, -0.1) is 10.2 Å². The highest BCUT2D eigenvalue weighted by Gasteiger charge is 2.29. The first kappa shape index (κ1) is 16.1. The molecule has 6 nitrogen and oxygen atoms in total. The molecule has 0 saturated heterocycles. The second-order valence-corrected chi connectivity index (χ2v) is 7.34. The van der Waals surface area contributed by atoms with Crippen LogP contribution in [-0.4, -0.2) is 40.8 Å². The van der Waals surface area contributed by atoms with Crippen molar-refractivity contribution < 1.29 is 4.79 Å². The van der Waals surface area contributed by atoms with Crippen LogP contribution in [0.2, 0.25) is 0 Å². The predicted molar refractivity (Wildman–Crippen MR) is 97.4 cm³/mol. The van der Waals surface area contributed by atoms with Crippen LogP contribution < -0.4 is 10.2 Å². The highest BCUT2D eigenvalue weighted by atomic mass is 16.2. The second kappa shape index (κ2) is 6.50. The Balaban J connectivity index is 1.51. The van der Waals surface area contributed by atoms with Crippen molar-refractivity contribution >= 4 is 11.6 Å². The zero-order chi connectivity index (χ0) is 17.4. The van der Waals surface area contributed by atoms with E-state index in [1.54, 1.807) is 0 Å². The molecular weight excluding hydrogens is 314 g/mol. The van der Waals surface area contributed by atoms with Gasteiger partial charge in [0.15, 0.2) is 5.82 Å². The second-order valence-electron chi connectivity index (χ2n) is 7.34. The molecule has 0 radical (unpaired) electrons. The molecule has 1 N–H and O–H groups in total. The van der Waals surface area contributed by atoms with E-state index >= 15 is 0 Å². The molecule has 1 aliphatic heterocycles. The number of carbonyl (C=O) groups is 1. The number of carbonyl (C=O) groups excluding carboxylic acids is 1. The fourth-order valence-corrected chi connectivity index (χ4v) is 3.42. The van der Waals surface area contributed by atoms with E-state index in [-0.39, 0.29) is 11.8 Å². The Bertz CT molecular complexity index is 761. The molecule has 2 heterocycles. The Morgan fingerprint density at radius 2 is 1.88 bits per heavy atom. The lowest BCUT2D eigenvalue weighted by atomic mass is 9.99. The van der Waals surface area contributed by atoms with Crippen LogP contribution in [0.25, 0.3) is 11.4 Å². The van der Waals surface area contributed by atoms with E-state index in [0.29, 0.717) is 6.04 Å². The van der Waals surface area contributed by atoms with E-state index in [1.165, 1.54) is 0 Å². The quantitative estimate of drug-likeness (QED) is 0.928. The van der Waals surface area contributed by atoms with Gasteiger partial charge in [-0.25, -0.2) is 0 Å². The number of nitrogens with zero attached hydrogens (tertiary/aromatic N) is 4. The van der Waals surface area contributed by atoms with Crippen LogP contribution in [-0.2, 0) is 17.8 Å². The number of hydrogen-bond acceptors (Lipinski definition) is 4. The summed E-state index contributed by atoms with van der Waals surface area (Å²) >= 11 is 0. The van der Waals surface area contributed by atoms with Gasteiger partial charge in [0.2, 0.25) is 5.91 Å². The fraction of sp³-hybridized carbons (Fsp3) is 0.526. The zero-order valence-electron chi connectivity index (χ0n) is 14.9. The average molecular weight is 339 g/mol.